The van der Waals surface area contributed by atoms with E-state index in [1.807, 2.05) is 0 Å². The van der Waals surface area contributed by atoms with Crippen molar-refractivity contribution in [2.45, 2.75) is 45.6 Å². The first-order valence-electron chi connectivity index (χ1n) is 7.92. The van der Waals surface area contributed by atoms with E-state index in [0.717, 1.165) is 16.7 Å². The number of aliphatic carboxylic acids is 1. The number of nitrogens with zero attached hydrogens (tertiary/aromatic N) is 1. The minimum Gasteiger partial charge on any atom is -0.480 e. The van der Waals surface area contributed by atoms with Gasteiger partial charge in [-0.25, -0.2) is 4.79 Å². The smallest absolute Gasteiger partial charge is 0.326 e. The largest absolute Gasteiger partial charge is 0.480 e. The predicted octanol–water partition coefficient (Wildman–Crippen LogP) is 0.896. The van der Waals surface area contributed by atoms with Gasteiger partial charge in [-0.05, 0) is 12.8 Å². The van der Waals surface area contributed by atoms with Crippen LogP contribution in [0.3, 0.4) is 0 Å². The van der Waals surface area contributed by atoms with E-state index in [0.29, 0.717) is 6.42 Å². The minimum absolute atomic E-state index is 0.125. The fraction of sp³-hybridized carbons (Fsp3) is 0.688. The Morgan fingerprint density at radius 3 is 2.38 bits per heavy atom. The first-order valence-corrected chi connectivity index (χ1v) is 8.91. The number of carboxylic acids is 1. The molecule has 0 radical (unpaired) electrons. The van der Waals surface area contributed by atoms with Gasteiger partial charge in [-0.15, -0.1) is 0 Å². The van der Waals surface area contributed by atoms with Crippen LogP contribution in [0.25, 0.3) is 0 Å². The monoisotopic (exact) mass is 355 g/mol. The van der Waals surface area contributed by atoms with Crippen LogP contribution in [-0.4, -0.2) is 56.9 Å². The SMILES string of the molecule is CC(=O)SC[C@@H](C)C(=O)N1CC2(CC1C(=O)O)C(=O)CCCC2=O. The number of hydrogen-bond donors (Lipinski definition) is 1. The maximum absolute atomic E-state index is 12.6. The van der Waals surface area contributed by atoms with Gasteiger partial charge in [-0.2, -0.15) is 0 Å². The van der Waals surface area contributed by atoms with Gasteiger partial charge < -0.3 is 10.0 Å². The normalized spacial score (nSPS) is 24.2. The number of hydrogen-bond acceptors (Lipinski definition) is 6. The van der Waals surface area contributed by atoms with E-state index in [4.69, 9.17) is 0 Å². The van der Waals surface area contributed by atoms with E-state index < -0.39 is 29.3 Å². The summed E-state index contributed by atoms with van der Waals surface area (Å²) in [7, 11) is 0. The molecule has 1 saturated heterocycles. The number of amides is 1. The Labute approximate surface area is 144 Å². The molecule has 1 aliphatic heterocycles. The highest BCUT2D eigenvalue weighted by atomic mass is 32.2. The number of carbonyl (C=O) groups is 5. The topological polar surface area (TPSA) is 109 Å². The van der Waals surface area contributed by atoms with Crippen molar-refractivity contribution in [3.63, 3.8) is 0 Å². The molecule has 1 amide bonds. The number of likely N-dealkylation sites (tertiary alicyclic amines) is 1. The maximum atomic E-state index is 12.6. The molecule has 2 fully saturated rings. The Kier molecular flexibility index (Phi) is 5.47. The molecular weight excluding hydrogens is 334 g/mol. The summed E-state index contributed by atoms with van der Waals surface area (Å²) in [6.45, 7) is 2.86. The molecule has 2 rings (SSSR count). The van der Waals surface area contributed by atoms with Gasteiger partial charge >= 0.3 is 5.97 Å². The van der Waals surface area contributed by atoms with Gasteiger partial charge in [0.1, 0.15) is 23.0 Å². The predicted molar refractivity (Wildman–Crippen MR) is 86.4 cm³/mol. The van der Waals surface area contributed by atoms with Gasteiger partial charge in [0.2, 0.25) is 5.91 Å². The van der Waals surface area contributed by atoms with Crippen LogP contribution >= 0.6 is 11.8 Å². The highest BCUT2D eigenvalue weighted by Gasteiger charge is 2.57. The summed E-state index contributed by atoms with van der Waals surface area (Å²) in [6.07, 6.45) is 0.834. The van der Waals surface area contributed by atoms with Gasteiger partial charge in [0.15, 0.2) is 5.12 Å². The molecule has 1 spiro atoms. The molecule has 1 heterocycles. The second kappa shape index (κ2) is 7.04. The summed E-state index contributed by atoms with van der Waals surface area (Å²) in [6, 6.07) is -1.17. The van der Waals surface area contributed by atoms with E-state index in [9.17, 15) is 29.1 Å². The van der Waals surface area contributed by atoms with E-state index in [1.54, 1.807) is 6.92 Å². The number of rotatable bonds is 4. The van der Waals surface area contributed by atoms with Crippen LogP contribution in [0.15, 0.2) is 0 Å². The summed E-state index contributed by atoms with van der Waals surface area (Å²) < 4.78 is 0. The third kappa shape index (κ3) is 3.38. The van der Waals surface area contributed by atoms with Gasteiger partial charge in [0.25, 0.3) is 0 Å². The lowest BCUT2D eigenvalue weighted by molar-refractivity contribution is -0.149. The summed E-state index contributed by atoms with van der Waals surface area (Å²) in [5.74, 6) is -2.48. The van der Waals surface area contributed by atoms with Crippen LogP contribution < -0.4 is 0 Å². The second-order valence-electron chi connectivity index (χ2n) is 6.51. The van der Waals surface area contributed by atoms with Crippen LogP contribution in [0.2, 0.25) is 0 Å². The Hall–Kier alpha value is -1.70. The molecular formula is C16H21NO6S. The number of ketones is 2. The molecule has 1 N–H and O–H groups in total. The van der Waals surface area contributed by atoms with Crippen molar-refractivity contribution in [3.05, 3.63) is 0 Å². The Balaban J connectivity index is 2.23. The van der Waals surface area contributed by atoms with E-state index in [2.05, 4.69) is 0 Å². The average Bonchev–Trinajstić information content (AvgIpc) is 2.92. The fourth-order valence-electron chi connectivity index (χ4n) is 3.40. The van der Waals surface area contributed by atoms with Gasteiger partial charge in [0, 0.05) is 38.0 Å². The third-order valence-electron chi connectivity index (χ3n) is 4.76. The molecule has 7 nitrogen and oxygen atoms in total. The molecule has 1 saturated carbocycles. The molecule has 24 heavy (non-hydrogen) atoms. The highest BCUT2D eigenvalue weighted by Crippen LogP contribution is 2.42. The van der Waals surface area contributed by atoms with Crippen LogP contribution in [0, 0.1) is 11.3 Å². The lowest BCUT2D eigenvalue weighted by Crippen LogP contribution is -2.47. The molecule has 2 atom stereocenters. The highest BCUT2D eigenvalue weighted by molar-refractivity contribution is 8.13. The summed E-state index contributed by atoms with van der Waals surface area (Å²) in [5.41, 5.74) is -1.36. The van der Waals surface area contributed by atoms with Crippen molar-refractivity contribution < 1.29 is 29.1 Å². The lowest BCUT2D eigenvalue weighted by atomic mass is 9.70. The molecule has 0 aromatic heterocycles. The van der Waals surface area contributed by atoms with Crippen LogP contribution in [0.5, 0.6) is 0 Å². The molecule has 0 aromatic rings. The zero-order valence-corrected chi connectivity index (χ0v) is 14.6. The molecule has 1 aliphatic carbocycles. The number of Topliss-reactive ketones (excluding diaryl/α,β-unsaturated/α-hetero) is 2. The minimum atomic E-state index is -1.36. The molecule has 132 valence electrons. The average molecular weight is 355 g/mol. The van der Waals surface area contributed by atoms with Gasteiger partial charge in [-0.1, -0.05) is 18.7 Å². The maximum Gasteiger partial charge on any atom is 0.326 e. The first kappa shape index (κ1) is 18.6. The van der Waals surface area contributed by atoms with Crippen molar-refractivity contribution in [2.24, 2.45) is 11.3 Å². The number of carboxylic acid groups (broad SMARTS) is 1. The lowest BCUT2D eigenvalue weighted by Gasteiger charge is -2.30. The molecule has 8 heteroatoms. The van der Waals surface area contributed by atoms with Gasteiger partial charge in [0.05, 0.1) is 0 Å². The third-order valence-corrected chi connectivity index (χ3v) is 5.83. The van der Waals surface area contributed by atoms with Crippen LogP contribution in [-0.2, 0) is 24.0 Å². The molecule has 0 bridgehead atoms. The van der Waals surface area contributed by atoms with E-state index in [1.165, 1.54) is 6.92 Å². The zero-order chi connectivity index (χ0) is 18.1. The Morgan fingerprint density at radius 1 is 1.29 bits per heavy atom. The van der Waals surface area contributed by atoms with Crippen molar-refractivity contribution >= 4 is 40.3 Å². The van der Waals surface area contributed by atoms with Crippen LogP contribution in [0.1, 0.15) is 39.5 Å². The molecule has 1 unspecified atom stereocenters. The summed E-state index contributed by atoms with van der Waals surface area (Å²) >= 11 is 0.997. The van der Waals surface area contributed by atoms with Crippen LogP contribution in [0.4, 0.5) is 0 Å². The standard InChI is InChI=1S/C16H21NO6S/c1-9(7-24-10(2)18)14(21)17-8-16(6-11(17)15(22)23)12(19)4-3-5-13(16)20/h9,11H,3-8H2,1-2H3,(H,22,23)/t9-,11?/m1/s1. The van der Waals surface area contributed by atoms with Crippen molar-refractivity contribution in [1.82, 2.24) is 4.90 Å². The zero-order valence-electron chi connectivity index (χ0n) is 13.7. The quantitative estimate of drug-likeness (QED) is 0.746. The Bertz CT molecular complexity index is 585. The van der Waals surface area contributed by atoms with E-state index >= 15 is 0 Å². The second-order valence-corrected chi connectivity index (χ2v) is 7.71. The first-order chi connectivity index (χ1) is 11.2. The van der Waals surface area contributed by atoms with Gasteiger partial charge in [-0.3, -0.25) is 19.2 Å². The summed E-state index contributed by atoms with van der Waals surface area (Å²) in [5, 5.41) is 9.32. The van der Waals surface area contributed by atoms with Crippen molar-refractivity contribution in [3.8, 4) is 0 Å². The van der Waals surface area contributed by atoms with Crippen molar-refractivity contribution in [1.29, 1.82) is 0 Å². The Morgan fingerprint density at radius 2 is 1.88 bits per heavy atom. The molecule has 2 aliphatic rings. The fourth-order valence-corrected chi connectivity index (χ4v) is 4.03. The summed E-state index contributed by atoms with van der Waals surface area (Å²) in [4.78, 5) is 61.1. The molecule has 0 aromatic carbocycles. The number of thioether (sulfide) groups is 1. The van der Waals surface area contributed by atoms with E-state index in [-0.39, 0.29) is 48.2 Å². The van der Waals surface area contributed by atoms with Crippen molar-refractivity contribution in [2.75, 3.05) is 12.3 Å². The number of carbonyl (C=O) groups excluding carboxylic acids is 4.